The monoisotopic (exact) mass is 243 g/mol. The SMILES string of the molecule is C=CCCCC(NCC)c1cnn2ccccc12. The molecule has 0 bridgehead atoms. The third-order valence-electron chi connectivity index (χ3n) is 3.18. The van der Waals surface area contributed by atoms with Gasteiger partial charge in [0, 0.05) is 17.8 Å². The molecule has 3 nitrogen and oxygen atoms in total. The average Bonchev–Trinajstić information content (AvgIpc) is 2.82. The van der Waals surface area contributed by atoms with Gasteiger partial charge in [-0.2, -0.15) is 5.10 Å². The Labute approximate surface area is 109 Å². The maximum absolute atomic E-state index is 4.41. The molecule has 0 aliphatic heterocycles. The second kappa shape index (κ2) is 6.36. The Kier molecular flexibility index (Phi) is 4.53. The fourth-order valence-electron chi connectivity index (χ4n) is 2.30. The first-order valence-electron chi connectivity index (χ1n) is 6.63. The number of pyridine rings is 1. The number of hydrogen-bond donors (Lipinski definition) is 1. The quantitative estimate of drug-likeness (QED) is 0.597. The number of nitrogens with one attached hydrogen (secondary N) is 1. The Hall–Kier alpha value is -1.61. The molecular formula is C15H21N3. The molecule has 1 N–H and O–H groups in total. The van der Waals surface area contributed by atoms with Gasteiger partial charge in [0.2, 0.25) is 0 Å². The molecule has 0 spiro atoms. The smallest absolute Gasteiger partial charge is 0.0709 e. The van der Waals surface area contributed by atoms with Crippen LogP contribution in [0, 0.1) is 0 Å². The van der Waals surface area contributed by atoms with Crippen molar-refractivity contribution >= 4 is 5.52 Å². The maximum atomic E-state index is 4.41. The molecule has 1 atom stereocenters. The van der Waals surface area contributed by atoms with Crippen molar-refractivity contribution in [2.24, 2.45) is 0 Å². The van der Waals surface area contributed by atoms with Gasteiger partial charge >= 0.3 is 0 Å². The Morgan fingerprint density at radius 1 is 1.50 bits per heavy atom. The summed E-state index contributed by atoms with van der Waals surface area (Å²) in [5, 5.41) is 7.95. The fraction of sp³-hybridized carbons (Fsp3) is 0.400. The molecule has 0 aliphatic rings. The predicted octanol–water partition coefficient (Wildman–Crippen LogP) is 3.34. The Morgan fingerprint density at radius 3 is 3.17 bits per heavy atom. The molecular weight excluding hydrogens is 222 g/mol. The van der Waals surface area contributed by atoms with E-state index in [0.717, 1.165) is 25.8 Å². The Balaban J connectivity index is 2.21. The van der Waals surface area contributed by atoms with Gasteiger partial charge in [-0.15, -0.1) is 6.58 Å². The summed E-state index contributed by atoms with van der Waals surface area (Å²) in [7, 11) is 0. The van der Waals surface area contributed by atoms with Gasteiger partial charge in [-0.25, -0.2) is 4.52 Å². The van der Waals surface area contributed by atoms with Crippen LogP contribution in [-0.2, 0) is 0 Å². The molecule has 2 heterocycles. The van der Waals surface area contributed by atoms with Gasteiger partial charge in [0.1, 0.15) is 0 Å². The van der Waals surface area contributed by atoms with E-state index in [2.05, 4.69) is 36.1 Å². The highest BCUT2D eigenvalue weighted by Crippen LogP contribution is 2.23. The van der Waals surface area contributed by atoms with Crippen molar-refractivity contribution in [2.45, 2.75) is 32.2 Å². The standard InChI is InChI=1S/C15H21N3/c1-3-5-6-9-14(16-4-2)13-12-17-18-11-8-7-10-15(13)18/h3,7-8,10-12,14,16H,1,4-6,9H2,2H3. The highest BCUT2D eigenvalue weighted by molar-refractivity contribution is 5.54. The van der Waals surface area contributed by atoms with Gasteiger partial charge < -0.3 is 5.32 Å². The van der Waals surface area contributed by atoms with Crippen molar-refractivity contribution in [1.29, 1.82) is 0 Å². The first kappa shape index (κ1) is 12.8. The molecule has 0 aromatic carbocycles. The zero-order valence-corrected chi connectivity index (χ0v) is 11.0. The van der Waals surface area contributed by atoms with Crippen LogP contribution in [0.5, 0.6) is 0 Å². The number of allylic oxidation sites excluding steroid dienone is 1. The van der Waals surface area contributed by atoms with Crippen molar-refractivity contribution in [2.75, 3.05) is 6.54 Å². The van der Waals surface area contributed by atoms with Crippen molar-refractivity contribution in [3.05, 3.63) is 48.8 Å². The zero-order chi connectivity index (χ0) is 12.8. The Morgan fingerprint density at radius 2 is 2.39 bits per heavy atom. The van der Waals surface area contributed by atoms with Crippen molar-refractivity contribution in [3.63, 3.8) is 0 Å². The van der Waals surface area contributed by atoms with Gasteiger partial charge in [0.15, 0.2) is 0 Å². The lowest BCUT2D eigenvalue weighted by molar-refractivity contribution is 0.503. The first-order valence-corrected chi connectivity index (χ1v) is 6.63. The molecule has 0 radical (unpaired) electrons. The number of aromatic nitrogens is 2. The van der Waals surface area contributed by atoms with Crippen LogP contribution >= 0.6 is 0 Å². The Bertz CT molecular complexity index is 501. The topological polar surface area (TPSA) is 29.3 Å². The number of nitrogens with zero attached hydrogens (tertiary/aromatic N) is 2. The molecule has 0 saturated heterocycles. The van der Waals surface area contributed by atoms with Crippen molar-refractivity contribution in [3.8, 4) is 0 Å². The summed E-state index contributed by atoms with van der Waals surface area (Å²) < 4.78 is 1.94. The van der Waals surface area contributed by atoms with E-state index < -0.39 is 0 Å². The van der Waals surface area contributed by atoms with E-state index in [-0.39, 0.29) is 0 Å². The summed E-state index contributed by atoms with van der Waals surface area (Å²) in [5.74, 6) is 0. The molecule has 3 heteroatoms. The van der Waals surface area contributed by atoms with Crippen molar-refractivity contribution in [1.82, 2.24) is 14.9 Å². The van der Waals surface area contributed by atoms with E-state index >= 15 is 0 Å². The van der Waals surface area contributed by atoms with Gasteiger partial charge in [-0.3, -0.25) is 0 Å². The summed E-state index contributed by atoms with van der Waals surface area (Å²) >= 11 is 0. The predicted molar refractivity (Wildman–Crippen MR) is 75.7 cm³/mol. The van der Waals surface area contributed by atoms with Crippen molar-refractivity contribution < 1.29 is 0 Å². The van der Waals surface area contributed by atoms with Crippen LogP contribution in [0.4, 0.5) is 0 Å². The minimum absolute atomic E-state index is 0.384. The van der Waals surface area contributed by atoms with Crippen LogP contribution in [-0.4, -0.2) is 16.2 Å². The first-order chi connectivity index (χ1) is 8.86. The molecule has 0 amide bonds. The van der Waals surface area contributed by atoms with Gasteiger partial charge in [-0.1, -0.05) is 19.1 Å². The van der Waals surface area contributed by atoms with Crippen LogP contribution in [0.2, 0.25) is 0 Å². The lowest BCUT2D eigenvalue weighted by atomic mass is 10.0. The summed E-state index contributed by atoms with van der Waals surface area (Å²) in [6.45, 7) is 6.90. The molecule has 0 fully saturated rings. The molecule has 0 aliphatic carbocycles. The normalized spacial score (nSPS) is 12.7. The summed E-state index contributed by atoms with van der Waals surface area (Å²) in [6.07, 6.45) is 9.31. The van der Waals surface area contributed by atoms with E-state index in [1.165, 1.54) is 11.1 Å². The minimum atomic E-state index is 0.384. The molecule has 2 aromatic heterocycles. The molecule has 2 aromatic rings. The van der Waals surface area contributed by atoms with E-state index in [0.29, 0.717) is 6.04 Å². The van der Waals surface area contributed by atoms with Crippen LogP contribution < -0.4 is 5.32 Å². The summed E-state index contributed by atoms with van der Waals surface area (Å²) in [4.78, 5) is 0. The lowest BCUT2D eigenvalue weighted by Crippen LogP contribution is -2.20. The van der Waals surface area contributed by atoms with Crippen LogP contribution in [0.1, 0.15) is 37.8 Å². The second-order valence-electron chi connectivity index (χ2n) is 4.46. The summed E-state index contributed by atoms with van der Waals surface area (Å²) in [6, 6.07) is 6.58. The van der Waals surface area contributed by atoms with E-state index in [1.54, 1.807) is 0 Å². The average molecular weight is 243 g/mol. The van der Waals surface area contributed by atoms with Gasteiger partial charge in [-0.05, 0) is 37.9 Å². The second-order valence-corrected chi connectivity index (χ2v) is 4.46. The molecule has 96 valence electrons. The van der Waals surface area contributed by atoms with Gasteiger partial charge in [0.25, 0.3) is 0 Å². The number of rotatable bonds is 7. The molecule has 18 heavy (non-hydrogen) atoms. The molecule has 0 saturated carbocycles. The third kappa shape index (κ3) is 2.79. The number of fused-ring (bicyclic) bond motifs is 1. The fourth-order valence-corrected chi connectivity index (χ4v) is 2.30. The lowest BCUT2D eigenvalue weighted by Gasteiger charge is -2.16. The van der Waals surface area contributed by atoms with Crippen LogP contribution in [0.25, 0.3) is 5.52 Å². The highest BCUT2D eigenvalue weighted by atomic mass is 15.2. The minimum Gasteiger partial charge on any atom is -0.310 e. The third-order valence-corrected chi connectivity index (χ3v) is 3.18. The number of hydrogen-bond acceptors (Lipinski definition) is 2. The van der Waals surface area contributed by atoms with E-state index in [1.807, 2.05) is 29.1 Å². The maximum Gasteiger partial charge on any atom is 0.0709 e. The largest absolute Gasteiger partial charge is 0.310 e. The number of unbranched alkanes of at least 4 members (excludes halogenated alkanes) is 1. The molecule has 2 rings (SSSR count). The summed E-state index contributed by atoms with van der Waals surface area (Å²) in [5.41, 5.74) is 2.49. The zero-order valence-electron chi connectivity index (χ0n) is 11.0. The highest BCUT2D eigenvalue weighted by Gasteiger charge is 2.14. The van der Waals surface area contributed by atoms with E-state index in [9.17, 15) is 0 Å². The van der Waals surface area contributed by atoms with Crippen LogP contribution in [0.3, 0.4) is 0 Å². The van der Waals surface area contributed by atoms with E-state index in [4.69, 9.17) is 0 Å². The van der Waals surface area contributed by atoms with Crippen LogP contribution in [0.15, 0.2) is 43.2 Å². The molecule has 1 unspecified atom stereocenters. The van der Waals surface area contributed by atoms with Gasteiger partial charge in [0.05, 0.1) is 11.7 Å².